The van der Waals surface area contributed by atoms with Crippen molar-refractivity contribution in [2.45, 2.75) is 13.5 Å². The molecule has 0 aliphatic heterocycles. The molecule has 3 aromatic carbocycles. The molecule has 1 aromatic heterocycles. The first-order valence-electron chi connectivity index (χ1n) is 9.94. The van der Waals surface area contributed by atoms with Crippen molar-refractivity contribution in [2.75, 3.05) is 5.32 Å². The summed E-state index contributed by atoms with van der Waals surface area (Å²) >= 11 is 0. The van der Waals surface area contributed by atoms with Crippen molar-refractivity contribution < 1.29 is 27.8 Å². The minimum atomic E-state index is -3.04. The third kappa shape index (κ3) is 5.12. The number of anilines is 1. The lowest BCUT2D eigenvalue weighted by atomic mass is 10.1. The van der Waals surface area contributed by atoms with Crippen LogP contribution in [0.1, 0.15) is 27.6 Å². The van der Waals surface area contributed by atoms with E-state index < -0.39 is 12.5 Å². The quantitative estimate of drug-likeness (QED) is 0.347. The largest absolute Gasteiger partial charge is 0.434 e. The molecule has 4 rings (SSSR count). The van der Waals surface area contributed by atoms with E-state index in [1.807, 2.05) is 0 Å². The molecule has 0 atom stereocenters. The topological polar surface area (TPSA) is 77.5 Å². The second-order valence-electron chi connectivity index (χ2n) is 7.05. The zero-order valence-electron chi connectivity index (χ0n) is 17.4. The highest BCUT2D eigenvalue weighted by atomic mass is 19.3. The molecule has 1 heterocycles. The summed E-state index contributed by atoms with van der Waals surface area (Å²) in [5.74, 6) is -0.885. The van der Waals surface area contributed by atoms with E-state index in [9.17, 15) is 18.4 Å². The number of rotatable bonds is 7. The van der Waals surface area contributed by atoms with Crippen LogP contribution in [0.15, 0.2) is 78.9 Å². The number of carbonyl (C=O) groups excluding carboxylic acids is 2. The Morgan fingerprint density at radius 3 is 2.27 bits per heavy atom. The highest BCUT2D eigenvalue weighted by Crippen LogP contribution is 2.34. The number of hydrogen-bond acceptors (Lipinski definition) is 5. The predicted octanol–water partition coefficient (Wildman–Crippen LogP) is 6.08. The highest BCUT2D eigenvalue weighted by molar-refractivity contribution is 6.08. The predicted molar refractivity (Wildman–Crippen MR) is 119 cm³/mol. The Balaban J connectivity index is 1.71. The van der Waals surface area contributed by atoms with Crippen LogP contribution in [-0.2, 0) is 0 Å². The number of benzene rings is 3. The van der Waals surface area contributed by atoms with E-state index in [1.54, 1.807) is 60.7 Å². The molecule has 1 N–H and O–H groups in total. The van der Waals surface area contributed by atoms with Crippen LogP contribution in [0.25, 0.3) is 10.9 Å². The van der Waals surface area contributed by atoms with Gasteiger partial charge in [-0.15, -0.1) is 0 Å². The van der Waals surface area contributed by atoms with E-state index in [2.05, 4.69) is 15.0 Å². The van der Waals surface area contributed by atoms with Crippen LogP contribution in [0.4, 0.5) is 14.5 Å². The fourth-order valence-electron chi connectivity index (χ4n) is 3.16. The van der Waals surface area contributed by atoms with Crippen LogP contribution in [0.3, 0.4) is 0 Å². The highest BCUT2D eigenvalue weighted by Gasteiger charge is 2.19. The molecule has 1 amide bonds. The zero-order chi connectivity index (χ0) is 23.4. The molecule has 0 radical (unpaired) electrons. The van der Waals surface area contributed by atoms with E-state index in [1.165, 1.54) is 25.1 Å². The third-order valence-electron chi connectivity index (χ3n) is 4.75. The number of nitrogens with zero attached hydrogens (tertiary/aromatic N) is 1. The van der Waals surface area contributed by atoms with E-state index in [0.717, 1.165) is 0 Å². The van der Waals surface area contributed by atoms with Gasteiger partial charge in [0.15, 0.2) is 17.3 Å². The number of nitrogens with one attached hydrogen (secondary N) is 1. The summed E-state index contributed by atoms with van der Waals surface area (Å²) in [6, 6.07) is 21.0. The average Bonchev–Trinajstić information content (AvgIpc) is 2.80. The van der Waals surface area contributed by atoms with Gasteiger partial charge in [0.1, 0.15) is 5.56 Å². The normalized spacial score (nSPS) is 10.8. The number of aromatic nitrogens is 1. The number of Topliss-reactive ketones (excluding diaryl/α,β-unsaturated/α-hetero) is 1. The first-order valence-corrected chi connectivity index (χ1v) is 9.94. The van der Waals surface area contributed by atoms with Crippen LogP contribution < -0.4 is 14.8 Å². The van der Waals surface area contributed by atoms with Crippen LogP contribution in [0.2, 0.25) is 0 Å². The maximum absolute atomic E-state index is 13.1. The summed E-state index contributed by atoms with van der Waals surface area (Å²) in [4.78, 5) is 29.0. The SMILES string of the molecule is CC(=O)c1ccc(NC(=O)c2cc3ccccc3nc2Oc2ccccc2OC(F)F)cc1. The smallest absolute Gasteiger partial charge is 0.387 e. The van der Waals surface area contributed by atoms with Gasteiger partial charge in [-0.1, -0.05) is 30.3 Å². The fraction of sp³-hybridized carbons (Fsp3) is 0.0800. The second-order valence-corrected chi connectivity index (χ2v) is 7.05. The summed E-state index contributed by atoms with van der Waals surface area (Å²) in [6.07, 6.45) is 0. The molecule has 8 heteroatoms. The van der Waals surface area contributed by atoms with Gasteiger partial charge in [-0.3, -0.25) is 9.59 Å². The second kappa shape index (κ2) is 9.44. The van der Waals surface area contributed by atoms with Crippen molar-refractivity contribution in [1.29, 1.82) is 0 Å². The number of hydrogen-bond donors (Lipinski definition) is 1. The van der Waals surface area contributed by atoms with Gasteiger partial charge >= 0.3 is 6.61 Å². The number of alkyl halides is 2. The molecule has 0 aliphatic rings. The van der Waals surface area contributed by atoms with Crippen LogP contribution in [0, 0.1) is 0 Å². The molecule has 166 valence electrons. The number of halogens is 2. The molecule has 0 saturated heterocycles. The number of pyridine rings is 1. The summed E-state index contributed by atoms with van der Waals surface area (Å²) in [5.41, 5.74) is 1.63. The minimum absolute atomic E-state index is 0.0135. The van der Waals surface area contributed by atoms with Gasteiger partial charge in [-0.05, 0) is 55.5 Å². The maximum Gasteiger partial charge on any atom is 0.387 e. The molecule has 0 saturated carbocycles. The van der Waals surface area contributed by atoms with E-state index >= 15 is 0 Å². The van der Waals surface area contributed by atoms with Gasteiger partial charge in [-0.2, -0.15) is 8.78 Å². The lowest BCUT2D eigenvalue weighted by Crippen LogP contribution is -2.14. The van der Waals surface area contributed by atoms with Gasteiger partial charge in [0, 0.05) is 16.6 Å². The molecule has 0 unspecified atom stereocenters. The Morgan fingerprint density at radius 2 is 1.58 bits per heavy atom. The van der Waals surface area contributed by atoms with E-state index in [-0.39, 0.29) is 28.7 Å². The Bertz CT molecular complexity index is 1320. The molecular weight excluding hydrogens is 430 g/mol. The summed E-state index contributed by atoms with van der Waals surface area (Å²) in [6.45, 7) is -1.59. The number of carbonyl (C=O) groups is 2. The number of para-hydroxylation sites is 3. The summed E-state index contributed by atoms with van der Waals surface area (Å²) < 4.78 is 35.9. The number of amides is 1. The summed E-state index contributed by atoms with van der Waals surface area (Å²) in [5, 5.41) is 3.43. The minimum Gasteiger partial charge on any atom is -0.434 e. The molecule has 0 spiro atoms. The third-order valence-corrected chi connectivity index (χ3v) is 4.75. The Kier molecular flexibility index (Phi) is 6.26. The molecule has 0 aliphatic carbocycles. The zero-order valence-corrected chi connectivity index (χ0v) is 17.4. The number of ether oxygens (including phenoxy) is 2. The first-order chi connectivity index (χ1) is 15.9. The Labute approximate surface area is 187 Å². The average molecular weight is 448 g/mol. The maximum atomic E-state index is 13.1. The molecular formula is C25H18F2N2O4. The first kappa shape index (κ1) is 21.9. The molecule has 0 bridgehead atoms. The standard InChI is InChI=1S/C25H18F2N2O4/c1-15(30)16-10-12-18(13-11-16)28-23(31)19-14-17-6-2-3-7-20(17)29-24(19)32-21-8-4-5-9-22(21)33-25(26)27/h2-14,25H,1H3,(H,28,31). The van der Waals surface area contributed by atoms with Crippen molar-refractivity contribution >= 4 is 28.3 Å². The van der Waals surface area contributed by atoms with Crippen LogP contribution >= 0.6 is 0 Å². The van der Waals surface area contributed by atoms with E-state index in [0.29, 0.717) is 22.2 Å². The molecule has 0 fully saturated rings. The van der Waals surface area contributed by atoms with E-state index in [4.69, 9.17) is 4.74 Å². The summed E-state index contributed by atoms with van der Waals surface area (Å²) in [7, 11) is 0. The van der Waals surface area contributed by atoms with Crippen LogP contribution in [0.5, 0.6) is 17.4 Å². The molecule has 4 aromatic rings. The van der Waals surface area contributed by atoms with Crippen molar-refractivity contribution in [3.05, 3.63) is 90.0 Å². The van der Waals surface area contributed by atoms with Gasteiger partial charge in [0.25, 0.3) is 5.91 Å². The van der Waals surface area contributed by atoms with Gasteiger partial charge in [-0.25, -0.2) is 4.98 Å². The monoisotopic (exact) mass is 448 g/mol. The Morgan fingerprint density at radius 1 is 0.909 bits per heavy atom. The van der Waals surface area contributed by atoms with Crippen molar-refractivity contribution in [2.24, 2.45) is 0 Å². The number of fused-ring (bicyclic) bond motifs is 1. The van der Waals surface area contributed by atoms with Gasteiger partial charge in [0.2, 0.25) is 5.88 Å². The van der Waals surface area contributed by atoms with Crippen molar-refractivity contribution in [3.8, 4) is 17.4 Å². The fourth-order valence-corrected chi connectivity index (χ4v) is 3.16. The van der Waals surface area contributed by atoms with Crippen LogP contribution in [-0.4, -0.2) is 23.3 Å². The Hall–Kier alpha value is -4.33. The van der Waals surface area contributed by atoms with Crippen molar-refractivity contribution in [1.82, 2.24) is 4.98 Å². The number of ketones is 1. The van der Waals surface area contributed by atoms with Gasteiger partial charge < -0.3 is 14.8 Å². The van der Waals surface area contributed by atoms with Gasteiger partial charge in [0.05, 0.1) is 5.52 Å². The van der Waals surface area contributed by atoms with Crippen molar-refractivity contribution in [3.63, 3.8) is 0 Å². The molecule has 33 heavy (non-hydrogen) atoms. The molecule has 6 nitrogen and oxygen atoms in total. The lowest BCUT2D eigenvalue weighted by Gasteiger charge is -2.14. The lowest BCUT2D eigenvalue weighted by molar-refractivity contribution is -0.0510.